The number of hydrogen-bond acceptors (Lipinski definition) is 7. The number of hydroxylamine groups is 2. The van der Waals surface area contributed by atoms with E-state index in [0.29, 0.717) is 18.0 Å². The van der Waals surface area contributed by atoms with Crippen molar-refractivity contribution >= 4 is 29.6 Å². The number of hydrogen-bond donors (Lipinski definition) is 1. The molecule has 9 nitrogen and oxygen atoms in total. The zero-order chi connectivity index (χ0) is 21.1. The Morgan fingerprint density at radius 2 is 1.38 bits per heavy atom. The zero-order valence-corrected chi connectivity index (χ0v) is 16.7. The van der Waals surface area contributed by atoms with Crippen molar-refractivity contribution in [1.82, 2.24) is 15.3 Å². The summed E-state index contributed by atoms with van der Waals surface area (Å²) in [7, 11) is 0. The Hall–Kier alpha value is -2.55. The lowest BCUT2D eigenvalue weighted by Gasteiger charge is -2.13. The highest BCUT2D eigenvalue weighted by Gasteiger charge is 2.32. The lowest BCUT2D eigenvalue weighted by atomic mass is 10.1. The molecule has 9 heteroatoms. The Morgan fingerprint density at radius 1 is 0.828 bits per heavy atom. The topological polar surface area (TPSA) is 113 Å². The van der Waals surface area contributed by atoms with E-state index in [4.69, 9.17) is 4.84 Å². The Morgan fingerprint density at radius 3 is 2.00 bits per heavy atom. The Kier molecular flexibility index (Phi) is 9.49. The summed E-state index contributed by atoms with van der Waals surface area (Å²) < 4.78 is 0. The molecule has 0 atom stereocenters. The van der Waals surface area contributed by atoms with E-state index in [1.807, 2.05) is 0 Å². The number of nitrogens with one attached hydrogen (secondary N) is 1. The minimum atomic E-state index is -0.547. The predicted octanol–water partition coefficient (Wildman–Crippen LogP) is 1.23. The summed E-state index contributed by atoms with van der Waals surface area (Å²) in [6.07, 6.45) is 9.33. The minimum Gasteiger partial charge on any atom is -0.330 e. The molecule has 4 amide bonds. The molecular weight excluding hydrogens is 378 g/mol. The molecule has 0 aliphatic carbocycles. The second-order valence-corrected chi connectivity index (χ2v) is 7.18. The molecule has 29 heavy (non-hydrogen) atoms. The fourth-order valence-corrected chi connectivity index (χ4v) is 3.15. The molecule has 0 aromatic heterocycles. The van der Waals surface area contributed by atoms with Gasteiger partial charge in [-0.15, -0.1) is 5.06 Å². The van der Waals surface area contributed by atoms with E-state index in [2.05, 4.69) is 5.32 Å². The van der Waals surface area contributed by atoms with Gasteiger partial charge in [-0.25, -0.2) is 4.79 Å². The van der Waals surface area contributed by atoms with Crippen LogP contribution in [0.4, 0.5) is 0 Å². The van der Waals surface area contributed by atoms with Gasteiger partial charge in [-0.3, -0.25) is 24.1 Å². The van der Waals surface area contributed by atoms with Gasteiger partial charge in [-0.1, -0.05) is 19.3 Å². The molecule has 1 fully saturated rings. The molecule has 2 aliphatic heterocycles. The van der Waals surface area contributed by atoms with Gasteiger partial charge < -0.3 is 10.2 Å². The van der Waals surface area contributed by atoms with Gasteiger partial charge in [-0.05, 0) is 38.8 Å². The van der Waals surface area contributed by atoms with E-state index < -0.39 is 17.8 Å². The monoisotopic (exact) mass is 407 g/mol. The lowest BCUT2D eigenvalue weighted by Crippen LogP contribution is -2.31. The number of rotatable bonds is 14. The number of carbonyl (C=O) groups is 5. The van der Waals surface area contributed by atoms with Crippen molar-refractivity contribution in [3.63, 3.8) is 0 Å². The van der Waals surface area contributed by atoms with Gasteiger partial charge in [-0.2, -0.15) is 0 Å². The fraction of sp³-hybridized carbons (Fsp3) is 0.650. The van der Waals surface area contributed by atoms with Gasteiger partial charge in [0, 0.05) is 38.0 Å². The van der Waals surface area contributed by atoms with Gasteiger partial charge in [0.15, 0.2) is 0 Å². The second kappa shape index (κ2) is 12.1. The summed E-state index contributed by atoms with van der Waals surface area (Å²) in [6, 6.07) is 0. The number of imide groups is 2. The predicted molar refractivity (Wildman–Crippen MR) is 103 cm³/mol. The second-order valence-electron chi connectivity index (χ2n) is 7.18. The van der Waals surface area contributed by atoms with Crippen molar-refractivity contribution in [2.24, 2.45) is 0 Å². The molecule has 2 heterocycles. The Labute approximate surface area is 170 Å². The molecule has 2 rings (SSSR count). The van der Waals surface area contributed by atoms with E-state index in [1.54, 1.807) is 0 Å². The van der Waals surface area contributed by atoms with E-state index >= 15 is 0 Å². The van der Waals surface area contributed by atoms with Crippen molar-refractivity contribution in [3.05, 3.63) is 12.2 Å². The van der Waals surface area contributed by atoms with E-state index in [-0.39, 0.29) is 31.1 Å². The van der Waals surface area contributed by atoms with Gasteiger partial charge in [0.05, 0.1) is 0 Å². The lowest BCUT2D eigenvalue weighted by molar-refractivity contribution is -0.197. The van der Waals surface area contributed by atoms with Crippen LogP contribution < -0.4 is 5.32 Å². The number of carbonyl (C=O) groups excluding carboxylic acids is 5. The number of nitrogens with zero attached hydrogens (tertiary/aromatic N) is 2. The highest BCUT2D eigenvalue weighted by molar-refractivity contribution is 6.12. The molecule has 160 valence electrons. The maximum atomic E-state index is 11.6. The first-order valence-corrected chi connectivity index (χ1v) is 10.3. The fourth-order valence-electron chi connectivity index (χ4n) is 3.15. The quantitative estimate of drug-likeness (QED) is 0.340. The normalized spacial score (nSPS) is 16.4. The van der Waals surface area contributed by atoms with Crippen LogP contribution >= 0.6 is 0 Å². The SMILES string of the molecule is O=C(CCCCCNCCCCCCN1C(=O)C=CC1=O)ON1C(=O)CCC1=O. The Bertz CT molecular complexity index is 627. The molecular formula is C20H29N3O6. The van der Waals surface area contributed by atoms with Gasteiger partial charge in [0.1, 0.15) is 0 Å². The van der Waals surface area contributed by atoms with Crippen molar-refractivity contribution in [2.75, 3.05) is 19.6 Å². The van der Waals surface area contributed by atoms with Crippen LogP contribution in [0.3, 0.4) is 0 Å². The van der Waals surface area contributed by atoms with Crippen LogP contribution in [-0.4, -0.2) is 59.2 Å². The first kappa shape index (κ1) is 22.7. The highest BCUT2D eigenvalue weighted by Crippen LogP contribution is 2.13. The van der Waals surface area contributed by atoms with Crippen LogP contribution in [0.15, 0.2) is 12.2 Å². The van der Waals surface area contributed by atoms with Crippen LogP contribution in [0.2, 0.25) is 0 Å². The Balaban J connectivity index is 1.35. The molecule has 0 aromatic carbocycles. The molecule has 0 aromatic rings. The number of unbranched alkanes of at least 4 members (excludes halogenated alkanes) is 5. The third-order valence-electron chi connectivity index (χ3n) is 4.82. The summed E-state index contributed by atoms with van der Waals surface area (Å²) in [5.74, 6) is -1.90. The molecule has 2 aliphatic rings. The van der Waals surface area contributed by atoms with Crippen molar-refractivity contribution in [3.8, 4) is 0 Å². The van der Waals surface area contributed by atoms with E-state index in [9.17, 15) is 24.0 Å². The van der Waals surface area contributed by atoms with Crippen molar-refractivity contribution < 1.29 is 28.8 Å². The van der Waals surface area contributed by atoms with Gasteiger partial charge in [0.25, 0.3) is 23.6 Å². The van der Waals surface area contributed by atoms with Gasteiger partial charge in [0.2, 0.25) is 0 Å². The summed E-state index contributed by atoms with van der Waals surface area (Å²) in [5.41, 5.74) is 0. The summed E-state index contributed by atoms with van der Waals surface area (Å²) >= 11 is 0. The zero-order valence-electron chi connectivity index (χ0n) is 16.7. The maximum absolute atomic E-state index is 11.6. The molecule has 0 bridgehead atoms. The maximum Gasteiger partial charge on any atom is 0.333 e. The van der Waals surface area contributed by atoms with Gasteiger partial charge >= 0.3 is 5.97 Å². The molecule has 1 N–H and O–H groups in total. The smallest absolute Gasteiger partial charge is 0.330 e. The average molecular weight is 407 g/mol. The molecule has 0 unspecified atom stereocenters. The highest BCUT2D eigenvalue weighted by atomic mass is 16.7. The van der Waals surface area contributed by atoms with E-state index in [0.717, 1.165) is 51.6 Å². The van der Waals surface area contributed by atoms with E-state index in [1.165, 1.54) is 17.1 Å². The third kappa shape index (κ3) is 7.77. The van der Waals surface area contributed by atoms with Crippen LogP contribution in [0.5, 0.6) is 0 Å². The first-order valence-electron chi connectivity index (χ1n) is 10.3. The van der Waals surface area contributed by atoms with Crippen molar-refractivity contribution in [2.45, 2.75) is 64.2 Å². The molecule has 0 saturated carbocycles. The van der Waals surface area contributed by atoms with Crippen LogP contribution in [0.1, 0.15) is 64.2 Å². The molecule has 0 spiro atoms. The third-order valence-corrected chi connectivity index (χ3v) is 4.82. The van der Waals surface area contributed by atoms with Crippen LogP contribution in [0.25, 0.3) is 0 Å². The molecule has 0 radical (unpaired) electrons. The standard InChI is InChI=1S/C20H29N3O6/c24-16-9-10-17(25)22(16)15-7-2-1-5-13-21-14-6-3-4-8-20(28)29-23-18(26)11-12-19(23)27/h9-10,21H,1-8,11-15H2. The number of amides is 4. The minimum absolute atomic E-state index is 0.104. The van der Waals surface area contributed by atoms with Crippen molar-refractivity contribution in [1.29, 1.82) is 0 Å². The average Bonchev–Trinajstić information content (AvgIpc) is 3.18. The largest absolute Gasteiger partial charge is 0.333 e. The summed E-state index contributed by atoms with van der Waals surface area (Å²) in [5, 5.41) is 3.93. The molecule has 1 saturated heterocycles. The summed E-state index contributed by atoms with van der Waals surface area (Å²) in [6.45, 7) is 2.26. The summed E-state index contributed by atoms with van der Waals surface area (Å²) in [4.78, 5) is 63.2. The first-order chi connectivity index (χ1) is 14.0. The van der Waals surface area contributed by atoms with Crippen LogP contribution in [0, 0.1) is 0 Å². The van der Waals surface area contributed by atoms with Crippen LogP contribution in [-0.2, 0) is 28.8 Å².